The Bertz CT molecular complexity index is 2190. The number of carbonyl (C=O) groups excluding carboxylic acids is 3. The van der Waals surface area contributed by atoms with Crippen LogP contribution < -0.4 is 24.2 Å². The van der Waals surface area contributed by atoms with Gasteiger partial charge >= 0.3 is 12.4 Å². The second-order valence-corrected chi connectivity index (χ2v) is 19.5. The number of halogens is 2. The van der Waals surface area contributed by atoms with E-state index in [9.17, 15) is 36.7 Å². The van der Waals surface area contributed by atoms with E-state index in [-0.39, 0.29) is 54.1 Å². The summed E-state index contributed by atoms with van der Waals surface area (Å²) in [5.41, 5.74) is -1.60. The Morgan fingerprint density at radius 2 is 1.79 bits per heavy atom. The summed E-state index contributed by atoms with van der Waals surface area (Å²) in [5, 5.41) is 13.5. The normalized spacial score (nSPS) is 35.7. The summed E-state index contributed by atoms with van der Waals surface area (Å²) in [6, 6.07) is 1.50. The largest absolute Gasteiger partial charge is 0.586 e. The van der Waals surface area contributed by atoms with Gasteiger partial charge in [-0.2, -0.15) is 0 Å². The second-order valence-electron chi connectivity index (χ2n) is 17.5. The highest BCUT2D eigenvalue weighted by Gasteiger charge is 2.62. The Balaban J connectivity index is 1.07. The van der Waals surface area contributed by atoms with E-state index >= 15 is 4.79 Å². The van der Waals surface area contributed by atoms with Crippen LogP contribution in [0.5, 0.6) is 17.4 Å². The number of sulfonamides is 1. The molecule has 2 unspecified atom stereocenters. The van der Waals surface area contributed by atoms with E-state index in [1.54, 1.807) is 0 Å². The van der Waals surface area contributed by atoms with Crippen molar-refractivity contribution in [1.29, 1.82) is 0 Å². The summed E-state index contributed by atoms with van der Waals surface area (Å²) >= 11 is 0. The van der Waals surface area contributed by atoms with E-state index in [2.05, 4.69) is 26.7 Å². The molecule has 312 valence electrons. The number of nitrogens with one attached hydrogen (secondary N) is 2. The highest BCUT2D eigenvalue weighted by Crippen LogP contribution is 2.54. The van der Waals surface area contributed by atoms with Crippen LogP contribution in [0.2, 0.25) is 0 Å². The maximum absolute atomic E-state index is 15.2. The molecule has 5 fully saturated rings. The number of fused-ring (bicyclic) bond motifs is 6. The molecule has 3 N–H and O–H groups in total. The predicted octanol–water partition coefficient (Wildman–Crippen LogP) is 4.55. The summed E-state index contributed by atoms with van der Waals surface area (Å²) in [7, 11) is -3.96. The molecule has 4 amide bonds. The number of amides is 4. The maximum atomic E-state index is 15.2. The van der Waals surface area contributed by atoms with Gasteiger partial charge in [0.15, 0.2) is 11.5 Å². The number of alkyl halides is 2. The van der Waals surface area contributed by atoms with Crippen molar-refractivity contribution >= 4 is 44.6 Å². The lowest BCUT2D eigenvalue weighted by molar-refractivity contribution is -0.286. The van der Waals surface area contributed by atoms with Crippen LogP contribution in [-0.4, -0.2) is 100.0 Å². The van der Waals surface area contributed by atoms with Gasteiger partial charge in [-0.25, -0.2) is 18.2 Å². The number of rotatable bonds is 7. The zero-order valence-electron chi connectivity index (χ0n) is 32.1. The zero-order chi connectivity index (χ0) is 40.9. The van der Waals surface area contributed by atoms with E-state index in [0.29, 0.717) is 55.7 Å². The van der Waals surface area contributed by atoms with Gasteiger partial charge in [-0.05, 0) is 99.7 Å². The Hall–Kier alpha value is -4.74. The lowest BCUT2D eigenvalue weighted by atomic mass is 9.86. The van der Waals surface area contributed by atoms with Gasteiger partial charge in [0, 0.05) is 35.3 Å². The molecule has 7 aliphatic rings. The third-order valence-corrected chi connectivity index (χ3v) is 15.1. The zero-order valence-corrected chi connectivity index (χ0v) is 33.0. The van der Waals surface area contributed by atoms with Gasteiger partial charge in [0.25, 0.3) is 5.91 Å². The molecule has 18 heteroatoms. The molecule has 0 radical (unpaired) electrons. The highest BCUT2D eigenvalue weighted by molar-refractivity contribution is 7.91. The number of hydrogen-bond acceptors (Lipinski definition) is 10. The molecule has 4 heterocycles. The van der Waals surface area contributed by atoms with Crippen LogP contribution in [0.25, 0.3) is 10.8 Å². The van der Waals surface area contributed by atoms with Crippen molar-refractivity contribution in [3.05, 3.63) is 36.5 Å². The number of pyridine rings is 1. The van der Waals surface area contributed by atoms with Crippen molar-refractivity contribution in [3.63, 3.8) is 0 Å². The fourth-order valence-corrected chi connectivity index (χ4v) is 11.3. The van der Waals surface area contributed by atoms with Gasteiger partial charge in [0.05, 0.1) is 11.8 Å². The molecular weight excluding hydrogens is 781 g/mol. The lowest BCUT2D eigenvalue weighted by Gasteiger charge is -2.40. The minimum absolute atomic E-state index is 0.0179. The van der Waals surface area contributed by atoms with E-state index in [4.69, 9.17) is 9.47 Å². The number of nitrogens with zero attached hydrogens (tertiary/aromatic N) is 3. The van der Waals surface area contributed by atoms with Crippen molar-refractivity contribution in [2.24, 2.45) is 29.6 Å². The molecule has 9 rings (SSSR count). The molecule has 10 atom stereocenters. The first kappa shape index (κ1) is 38.8. The summed E-state index contributed by atoms with van der Waals surface area (Å²) in [5.74, 6) is -2.51. The van der Waals surface area contributed by atoms with Crippen LogP contribution in [0.4, 0.5) is 13.6 Å². The number of carboxylic acid groups (broad SMARTS) is 1. The molecule has 0 bridgehead atoms. The van der Waals surface area contributed by atoms with Crippen molar-refractivity contribution in [3.8, 4) is 17.4 Å². The molecule has 1 aromatic carbocycles. The number of benzene rings is 1. The van der Waals surface area contributed by atoms with Crippen LogP contribution in [0.3, 0.4) is 0 Å². The average Bonchev–Trinajstić information content (AvgIpc) is 4.12. The molecule has 1 saturated heterocycles. The Kier molecular flexibility index (Phi) is 9.31. The van der Waals surface area contributed by atoms with E-state index in [1.807, 2.05) is 19.1 Å². The van der Waals surface area contributed by atoms with Crippen LogP contribution in [-0.2, 0) is 24.4 Å². The number of ether oxygens (including phenoxy) is 3. The summed E-state index contributed by atoms with van der Waals surface area (Å²) < 4.78 is 71.9. The Morgan fingerprint density at radius 3 is 2.52 bits per heavy atom. The highest BCUT2D eigenvalue weighted by atomic mass is 32.2. The van der Waals surface area contributed by atoms with Gasteiger partial charge in [-0.15, -0.1) is 8.78 Å². The number of aromatic nitrogens is 1. The molecule has 3 aliphatic heterocycles. The van der Waals surface area contributed by atoms with Gasteiger partial charge in [0.1, 0.15) is 23.7 Å². The first-order chi connectivity index (χ1) is 27.5. The first-order valence-corrected chi connectivity index (χ1v) is 21.8. The maximum Gasteiger partial charge on any atom is 0.586 e. The molecule has 2 aromatic rings. The lowest BCUT2D eigenvalue weighted by Crippen LogP contribution is -2.61. The molecule has 4 aliphatic carbocycles. The Labute approximate surface area is 333 Å². The molecule has 0 spiro atoms. The molecule has 58 heavy (non-hydrogen) atoms. The standard InChI is InChI=1S/C40H47F2N5O10S/c1-20-5-3-4-6-24-18-39(24,37(50)45-58(53,54)27-7-8-27)44-34(48)30-17-26(55-35-29-9-10-31-33(28(29)11-12-43-35)57-40(41,42)56-31)19-46(30)36(49)32(21(2)13-20)47(38(51)52)25-15-22-14-23(22)16-25/h4,6,9-12,20-27,30,32H,3,5,7-8,13-19H2,1-2H3,(H,44,48)(H,45,50)(H,51,52)/b6-4-/t20-,21+,22-,23?,24+,25?,26+,30-,32-,39+/m0/s1. The molecule has 15 nitrogen and oxygen atoms in total. The van der Waals surface area contributed by atoms with E-state index < -0.39 is 80.9 Å². The summed E-state index contributed by atoms with van der Waals surface area (Å²) in [6.07, 6.45) is 4.26. The van der Waals surface area contributed by atoms with Crippen molar-refractivity contribution < 1.29 is 55.7 Å². The smallest absolute Gasteiger partial charge is 0.472 e. The van der Waals surface area contributed by atoms with Crippen LogP contribution >= 0.6 is 0 Å². The predicted molar refractivity (Wildman–Crippen MR) is 201 cm³/mol. The van der Waals surface area contributed by atoms with Crippen LogP contribution in [0, 0.1) is 29.6 Å². The fourth-order valence-electron chi connectivity index (χ4n) is 9.97. The monoisotopic (exact) mass is 827 g/mol. The summed E-state index contributed by atoms with van der Waals surface area (Å²) in [6.45, 7) is 3.76. The minimum atomic E-state index is -3.96. The van der Waals surface area contributed by atoms with E-state index in [1.165, 1.54) is 34.2 Å². The van der Waals surface area contributed by atoms with Crippen molar-refractivity contribution in [2.75, 3.05) is 6.54 Å². The van der Waals surface area contributed by atoms with Crippen molar-refractivity contribution in [1.82, 2.24) is 24.8 Å². The minimum Gasteiger partial charge on any atom is -0.472 e. The first-order valence-electron chi connectivity index (χ1n) is 20.2. The van der Waals surface area contributed by atoms with Gasteiger partial charge in [-0.3, -0.25) is 24.0 Å². The van der Waals surface area contributed by atoms with Crippen molar-refractivity contribution in [2.45, 2.75) is 119 Å². The van der Waals surface area contributed by atoms with Gasteiger partial charge in [0.2, 0.25) is 27.7 Å². The molecule has 1 aromatic heterocycles. The second kappa shape index (κ2) is 13.9. The third kappa shape index (κ3) is 7.08. The topological polar surface area (TPSA) is 194 Å². The van der Waals surface area contributed by atoms with Gasteiger partial charge in [-0.1, -0.05) is 26.0 Å². The number of carbonyl (C=O) groups is 4. The van der Waals surface area contributed by atoms with Crippen LogP contribution in [0.1, 0.15) is 78.1 Å². The average molecular weight is 828 g/mol. The third-order valence-electron chi connectivity index (χ3n) is 13.3. The number of allylic oxidation sites excluding steroid dienone is 1. The number of hydrogen-bond donors (Lipinski definition) is 3. The molecule has 4 saturated carbocycles. The molecular formula is C40H47F2N5O10S. The fraction of sp³-hybridized carbons (Fsp3) is 0.625. The van der Waals surface area contributed by atoms with E-state index in [0.717, 1.165) is 12.8 Å². The SMILES string of the molecule is C[C@H]1CC/C=C\[C@@H]2C[C@@]2(C(=O)NS(=O)(=O)C2CC2)NC(=O)[C@@H]2C[C@@H](Oc3nccc4c5c(ccc34)OC(F)(F)O5)CN2C(=O)[C@@H](N(C(=O)O)C2CC3C[C@H]3C2)[C@H](C)C1. The Morgan fingerprint density at radius 1 is 1.03 bits per heavy atom. The van der Waals surface area contributed by atoms with Crippen LogP contribution in [0.15, 0.2) is 36.5 Å². The quantitative estimate of drug-likeness (QED) is 0.332. The van der Waals surface area contributed by atoms with Gasteiger partial charge < -0.3 is 29.5 Å². The summed E-state index contributed by atoms with van der Waals surface area (Å²) in [4.78, 5) is 63.9.